The predicted molar refractivity (Wildman–Crippen MR) is 123 cm³/mol. The van der Waals surface area contributed by atoms with Crippen molar-refractivity contribution in [2.45, 2.75) is 25.6 Å². The summed E-state index contributed by atoms with van der Waals surface area (Å²) in [6.45, 7) is 2.45. The number of benzene rings is 3. The van der Waals surface area contributed by atoms with Crippen molar-refractivity contribution in [1.29, 1.82) is 0 Å². The topological polar surface area (TPSA) is 38.2 Å². The van der Waals surface area contributed by atoms with Gasteiger partial charge < -0.3 is 4.74 Å². The van der Waals surface area contributed by atoms with Gasteiger partial charge in [0.05, 0.1) is 0 Å². The van der Waals surface area contributed by atoms with Crippen molar-refractivity contribution in [2.24, 2.45) is 0 Å². The number of nitrogens with zero attached hydrogens (tertiary/aromatic N) is 3. The third-order valence-corrected chi connectivity index (χ3v) is 5.85. The lowest BCUT2D eigenvalue weighted by molar-refractivity contribution is 0.106. The molecule has 4 nitrogen and oxygen atoms in total. The Bertz CT molecular complexity index is 1080. The van der Waals surface area contributed by atoms with Gasteiger partial charge in [-0.1, -0.05) is 72.8 Å². The summed E-state index contributed by atoms with van der Waals surface area (Å²) in [5.41, 5.74) is 6.05. The molecule has 5 rings (SSSR count). The lowest BCUT2D eigenvalue weighted by Gasteiger charge is -2.36. The molecule has 0 amide bonds. The van der Waals surface area contributed by atoms with E-state index in [-0.39, 0.29) is 6.04 Å². The number of ether oxygens (including phenoxy) is 1. The van der Waals surface area contributed by atoms with Crippen LogP contribution in [0.2, 0.25) is 0 Å². The van der Waals surface area contributed by atoms with E-state index in [0.29, 0.717) is 6.61 Å². The van der Waals surface area contributed by atoms with Crippen LogP contribution in [0.1, 0.15) is 16.7 Å². The normalized spacial score (nSPS) is 15.3. The van der Waals surface area contributed by atoms with E-state index in [1.807, 2.05) is 18.5 Å². The molecule has 3 aromatic carbocycles. The van der Waals surface area contributed by atoms with Gasteiger partial charge in [0.2, 0.25) is 0 Å². The summed E-state index contributed by atoms with van der Waals surface area (Å²) in [6.07, 6.45) is 6.25. The van der Waals surface area contributed by atoms with Gasteiger partial charge >= 0.3 is 0 Å². The van der Waals surface area contributed by atoms with Gasteiger partial charge in [-0.15, -0.1) is 0 Å². The molecule has 1 atom stereocenters. The summed E-state index contributed by atoms with van der Waals surface area (Å²) in [5.74, 6) is 0.969. The highest BCUT2D eigenvalue weighted by Crippen LogP contribution is 2.35. The van der Waals surface area contributed by atoms with Crippen LogP contribution in [0.25, 0.3) is 11.1 Å². The molecule has 0 saturated heterocycles. The Morgan fingerprint density at radius 3 is 2.06 bits per heavy atom. The van der Waals surface area contributed by atoms with E-state index in [2.05, 4.69) is 87.7 Å². The Morgan fingerprint density at radius 1 is 0.774 bits per heavy atom. The molecule has 2 heterocycles. The molecule has 1 aromatic heterocycles. The minimum absolute atomic E-state index is 0.277. The number of hydrogen-bond acceptors (Lipinski definition) is 4. The molecule has 4 heteroatoms. The third kappa shape index (κ3) is 4.49. The van der Waals surface area contributed by atoms with E-state index < -0.39 is 0 Å². The quantitative estimate of drug-likeness (QED) is 0.443. The SMILES string of the molecule is c1ccc(CN(Cc2ccccc2)[C@@H]2COc3cccc(-c4cncnc4)c3C2)cc1. The van der Waals surface area contributed by atoms with E-state index >= 15 is 0 Å². The van der Waals surface area contributed by atoms with Crippen LogP contribution in [-0.2, 0) is 19.5 Å². The lowest BCUT2D eigenvalue weighted by Crippen LogP contribution is -2.42. The first-order chi connectivity index (χ1) is 15.4. The van der Waals surface area contributed by atoms with Crippen molar-refractivity contribution >= 4 is 0 Å². The molecule has 0 radical (unpaired) electrons. The lowest BCUT2D eigenvalue weighted by atomic mass is 9.93. The molecule has 0 bridgehead atoms. The summed E-state index contributed by atoms with van der Waals surface area (Å²) in [7, 11) is 0. The molecule has 4 aromatic rings. The van der Waals surface area contributed by atoms with Gasteiger partial charge in [0.25, 0.3) is 0 Å². The Labute approximate surface area is 183 Å². The molecular formula is C27H25N3O. The zero-order valence-electron chi connectivity index (χ0n) is 17.4. The summed E-state index contributed by atoms with van der Waals surface area (Å²) in [4.78, 5) is 11.0. The van der Waals surface area contributed by atoms with Crippen LogP contribution < -0.4 is 4.74 Å². The van der Waals surface area contributed by atoms with Crippen molar-refractivity contribution in [2.75, 3.05) is 6.61 Å². The molecular weight excluding hydrogens is 382 g/mol. The fourth-order valence-corrected chi connectivity index (χ4v) is 4.29. The maximum atomic E-state index is 6.27. The maximum absolute atomic E-state index is 6.27. The molecule has 0 saturated carbocycles. The highest BCUT2D eigenvalue weighted by molar-refractivity contribution is 5.69. The van der Waals surface area contributed by atoms with Gasteiger partial charge in [-0.25, -0.2) is 9.97 Å². The molecule has 0 N–H and O–H groups in total. The van der Waals surface area contributed by atoms with Crippen molar-refractivity contribution in [3.63, 3.8) is 0 Å². The first kappa shape index (κ1) is 19.5. The average Bonchev–Trinajstić information content (AvgIpc) is 2.85. The van der Waals surface area contributed by atoms with Gasteiger partial charge in [-0.3, -0.25) is 4.90 Å². The van der Waals surface area contributed by atoms with Crippen LogP contribution in [-0.4, -0.2) is 27.5 Å². The van der Waals surface area contributed by atoms with E-state index in [4.69, 9.17) is 4.74 Å². The zero-order chi connectivity index (χ0) is 20.9. The van der Waals surface area contributed by atoms with Crippen LogP contribution in [0, 0.1) is 0 Å². The monoisotopic (exact) mass is 407 g/mol. The first-order valence-electron chi connectivity index (χ1n) is 10.7. The van der Waals surface area contributed by atoms with Crippen molar-refractivity contribution < 1.29 is 4.74 Å². The smallest absolute Gasteiger partial charge is 0.123 e. The second-order valence-electron chi connectivity index (χ2n) is 7.95. The first-order valence-corrected chi connectivity index (χ1v) is 10.7. The van der Waals surface area contributed by atoms with Crippen LogP contribution >= 0.6 is 0 Å². The van der Waals surface area contributed by atoms with Gasteiger partial charge in [-0.05, 0) is 29.2 Å². The average molecular weight is 408 g/mol. The van der Waals surface area contributed by atoms with Crippen molar-refractivity contribution in [1.82, 2.24) is 14.9 Å². The van der Waals surface area contributed by atoms with Crippen LogP contribution in [0.5, 0.6) is 5.75 Å². The maximum Gasteiger partial charge on any atom is 0.123 e. The van der Waals surface area contributed by atoms with Crippen LogP contribution in [0.3, 0.4) is 0 Å². The predicted octanol–water partition coefficient (Wildman–Crippen LogP) is 5.15. The highest BCUT2D eigenvalue weighted by atomic mass is 16.5. The molecule has 0 unspecified atom stereocenters. The van der Waals surface area contributed by atoms with Gasteiger partial charge in [0, 0.05) is 42.7 Å². The fourth-order valence-electron chi connectivity index (χ4n) is 4.29. The second-order valence-corrected chi connectivity index (χ2v) is 7.95. The van der Waals surface area contributed by atoms with E-state index in [1.54, 1.807) is 6.33 Å². The van der Waals surface area contributed by atoms with Crippen molar-refractivity contribution in [3.05, 3.63) is 114 Å². The molecule has 154 valence electrons. The number of aromatic nitrogens is 2. The zero-order valence-corrected chi connectivity index (χ0v) is 17.4. The summed E-state index contributed by atoms with van der Waals surface area (Å²) < 4.78 is 6.27. The molecule has 1 aliphatic rings. The highest BCUT2D eigenvalue weighted by Gasteiger charge is 2.28. The number of rotatable bonds is 6. The minimum Gasteiger partial charge on any atom is -0.492 e. The Hall–Kier alpha value is -3.50. The Kier molecular flexibility index (Phi) is 5.72. The third-order valence-electron chi connectivity index (χ3n) is 5.85. The van der Waals surface area contributed by atoms with Gasteiger partial charge in [-0.2, -0.15) is 0 Å². The number of fused-ring (bicyclic) bond motifs is 1. The Morgan fingerprint density at radius 2 is 1.42 bits per heavy atom. The summed E-state index contributed by atoms with van der Waals surface area (Å²) >= 11 is 0. The molecule has 0 aliphatic carbocycles. The standard InChI is InChI=1S/C27H25N3O/c1-3-8-21(9-4-1)17-30(18-22-10-5-2-6-11-22)24-14-26-25(23-15-28-20-29-16-23)12-7-13-27(26)31-19-24/h1-13,15-16,20,24H,14,17-19H2/t24-/m0/s1. The molecule has 31 heavy (non-hydrogen) atoms. The van der Waals surface area contributed by atoms with Gasteiger partial charge in [0.15, 0.2) is 0 Å². The van der Waals surface area contributed by atoms with Crippen LogP contribution in [0.4, 0.5) is 0 Å². The minimum atomic E-state index is 0.277. The van der Waals surface area contributed by atoms with E-state index in [1.165, 1.54) is 16.7 Å². The second kappa shape index (κ2) is 9.11. The van der Waals surface area contributed by atoms with E-state index in [0.717, 1.165) is 36.4 Å². The Balaban J connectivity index is 1.46. The van der Waals surface area contributed by atoms with Gasteiger partial charge in [0.1, 0.15) is 18.7 Å². The largest absolute Gasteiger partial charge is 0.492 e. The molecule has 0 spiro atoms. The summed E-state index contributed by atoms with van der Waals surface area (Å²) in [6, 6.07) is 27.9. The fraction of sp³-hybridized carbons (Fsp3) is 0.185. The summed E-state index contributed by atoms with van der Waals surface area (Å²) in [5, 5.41) is 0. The van der Waals surface area contributed by atoms with Crippen LogP contribution in [0.15, 0.2) is 97.6 Å². The van der Waals surface area contributed by atoms with Crippen molar-refractivity contribution in [3.8, 4) is 16.9 Å². The molecule has 0 fully saturated rings. The number of hydrogen-bond donors (Lipinski definition) is 0. The van der Waals surface area contributed by atoms with E-state index in [9.17, 15) is 0 Å². The molecule has 1 aliphatic heterocycles.